The maximum Gasteiger partial charge on any atom is 0.0234 e. The molecular weight excluding hydrogens is 264 g/mol. The second-order valence-electron chi connectivity index (χ2n) is 6.23. The van der Waals surface area contributed by atoms with Crippen LogP contribution in [0.4, 0.5) is 0 Å². The second-order valence-corrected chi connectivity index (χ2v) is 8.04. The minimum Gasteiger partial charge on any atom is -0.313 e. The van der Waals surface area contributed by atoms with Crippen LogP contribution in [0.3, 0.4) is 0 Å². The number of rotatable bonds is 5. The minimum atomic E-state index is 0.446. The van der Waals surface area contributed by atoms with Crippen molar-refractivity contribution in [3.63, 3.8) is 0 Å². The molecule has 0 amide bonds. The standard InChI is InChI=1S/C17H28N2S/c1-4-18-13-15-6-5-7-16(12-15)14-19-9-8-17(2,3)20-11-10-19/h5-7,12,18H,4,8-11,13-14H2,1-3H3. The summed E-state index contributed by atoms with van der Waals surface area (Å²) < 4.78 is 0.446. The third-order valence-corrected chi connectivity index (χ3v) is 5.28. The molecule has 2 rings (SSSR count). The van der Waals surface area contributed by atoms with Gasteiger partial charge in [0.15, 0.2) is 0 Å². The van der Waals surface area contributed by atoms with Gasteiger partial charge in [0.05, 0.1) is 0 Å². The molecule has 1 N–H and O–H groups in total. The molecule has 0 bridgehead atoms. The van der Waals surface area contributed by atoms with Crippen LogP contribution in [-0.4, -0.2) is 35.0 Å². The normalized spacial score (nSPS) is 19.8. The monoisotopic (exact) mass is 292 g/mol. The molecule has 0 aliphatic carbocycles. The Labute approximate surface area is 128 Å². The summed E-state index contributed by atoms with van der Waals surface area (Å²) in [5.74, 6) is 1.25. The SMILES string of the molecule is CCNCc1cccc(CN2CCSC(C)(C)CC2)c1. The molecule has 2 nitrogen and oxygen atoms in total. The summed E-state index contributed by atoms with van der Waals surface area (Å²) in [7, 11) is 0. The smallest absolute Gasteiger partial charge is 0.0234 e. The van der Waals surface area contributed by atoms with E-state index in [-0.39, 0.29) is 0 Å². The van der Waals surface area contributed by atoms with Crippen LogP contribution in [-0.2, 0) is 13.1 Å². The van der Waals surface area contributed by atoms with Crippen molar-refractivity contribution in [2.75, 3.05) is 25.4 Å². The van der Waals surface area contributed by atoms with Gasteiger partial charge in [-0.1, -0.05) is 45.0 Å². The molecule has 1 aromatic rings. The molecule has 20 heavy (non-hydrogen) atoms. The van der Waals surface area contributed by atoms with Crippen molar-refractivity contribution in [1.82, 2.24) is 10.2 Å². The van der Waals surface area contributed by atoms with Crippen LogP contribution in [0.5, 0.6) is 0 Å². The Morgan fingerprint density at radius 1 is 1.25 bits per heavy atom. The average Bonchev–Trinajstić information content (AvgIpc) is 2.58. The van der Waals surface area contributed by atoms with Crippen molar-refractivity contribution in [2.45, 2.75) is 45.0 Å². The number of thioether (sulfide) groups is 1. The van der Waals surface area contributed by atoms with Crippen LogP contribution in [0.1, 0.15) is 38.3 Å². The van der Waals surface area contributed by atoms with E-state index in [0.717, 1.165) is 19.6 Å². The molecule has 3 heteroatoms. The highest BCUT2D eigenvalue weighted by atomic mass is 32.2. The number of hydrogen-bond acceptors (Lipinski definition) is 3. The molecule has 0 saturated carbocycles. The van der Waals surface area contributed by atoms with E-state index in [1.165, 1.54) is 36.4 Å². The summed E-state index contributed by atoms with van der Waals surface area (Å²) in [5, 5.41) is 3.40. The van der Waals surface area contributed by atoms with Gasteiger partial charge in [0, 0.05) is 30.1 Å². The second kappa shape index (κ2) is 7.48. The van der Waals surface area contributed by atoms with E-state index in [9.17, 15) is 0 Å². The van der Waals surface area contributed by atoms with Crippen LogP contribution in [0.15, 0.2) is 24.3 Å². The molecule has 1 aliphatic rings. The quantitative estimate of drug-likeness (QED) is 0.894. The molecule has 0 spiro atoms. The first-order valence-corrected chi connectivity index (χ1v) is 8.72. The van der Waals surface area contributed by atoms with Gasteiger partial charge >= 0.3 is 0 Å². The van der Waals surface area contributed by atoms with Gasteiger partial charge in [-0.3, -0.25) is 4.90 Å². The maximum absolute atomic E-state index is 3.40. The van der Waals surface area contributed by atoms with E-state index in [2.05, 4.69) is 67.0 Å². The van der Waals surface area contributed by atoms with Crippen molar-refractivity contribution >= 4 is 11.8 Å². The molecule has 1 aliphatic heterocycles. The summed E-state index contributed by atoms with van der Waals surface area (Å²) in [6.07, 6.45) is 1.29. The van der Waals surface area contributed by atoms with E-state index in [1.807, 2.05) is 0 Å². The lowest BCUT2D eigenvalue weighted by Crippen LogP contribution is -2.26. The van der Waals surface area contributed by atoms with Crippen LogP contribution in [0, 0.1) is 0 Å². The third-order valence-electron chi connectivity index (χ3n) is 3.91. The fraction of sp³-hybridized carbons (Fsp3) is 0.647. The zero-order chi connectivity index (χ0) is 14.4. The Kier molecular flexibility index (Phi) is 5.94. The number of nitrogens with zero attached hydrogens (tertiary/aromatic N) is 1. The van der Waals surface area contributed by atoms with Gasteiger partial charge in [-0.05, 0) is 30.6 Å². The summed E-state index contributed by atoms with van der Waals surface area (Å²) >= 11 is 2.12. The van der Waals surface area contributed by atoms with Gasteiger partial charge in [0.1, 0.15) is 0 Å². The van der Waals surface area contributed by atoms with Crippen molar-refractivity contribution < 1.29 is 0 Å². The topological polar surface area (TPSA) is 15.3 Å². The van der Waals surface area contributed by atoms with E-state index >= 15 is 0 Å². The molecular formula is C17H28N2S. The zero-order valence-corrected chi connectivity index (χ0v) is 13.9. The summed E-state index contributed by atoms with van der Waals surface area (Å²) in [6.45, 7) is 12.4. The number of nitrogens with one attached hydrogen (secondary N) is 1. The van der Waals surface area contributed by atoms with Crippen molar-refractivity contribution in [3.8, 4) is 0 Å². The Morgan fingerprint density at radius 3 is 2.85 bits per heavy atom. The van der Waals surface area contributed by atoms with Crippen molar-refractivity contribution in [1.29, 1.82) is 0 Å². The highest BCUT2D eigenvalue weighted by Gasteiger charge is 2.23. The van der Waals surface area contributed by atoms with Gasteiger partial charge in [-0.25, -0.2) is 0 Å². The highest BCUT2D eigenvalue weighted by Crippen LogP contribution is 2.31. The van der Waals surface area contributed by atoms with Gasteiger partial charge in [-0.2, -0.15) is 11.8 Å². The van der Waals surface area contributed by atoms with Gasteiger partial charge in [-0.15, -0.1) is 0 Å². The first kappa shape index (κ1) is 15.9. The molecule has 0 aromatic heterocycles. The molecule has 1 aromatic carbocycles. The summed E-state index contributed by atoms with van der Waals surface area (Å²) in [5.41, 5.74) is 2.85. The lowest BCUT2D eigenvalue weighted by molar-refractivity contribution is 0.276. The Bertz CT molecular complexity index is 417. The lowest BCUT2D eigenvalue weighted by atomic mass is 10.1. The third kappa shape index (κ3) is 5.12. The fourth-order valence-electron chi connectivity index (χ4n) is 2.59. The molecule has 1 heterocycles. The lowest BCUT2D eigenvalue weighted by Gasteiger charge is -2.22. The van der Waals surface area contributed by atoms with Crippen molar-refractivity contribution in [3.05, 3.63) is 35.4 Å². The molecule has 0 radical (unpaired) electrons. The number of hydrogen-bond donors (Lipinski definition) is 1. The molecule has 112 valence electrons. The number of benzene rings is 1. The molecule has 1 saturated heterocycles. The maximum atomic E-state index is 3.40. The van der Waals surface area contributed by atoms with Crippen LogP contribution in [0.25, 0.3) is 0 Å². The Balaban J connectivity index is 1.92. The molecule has 1 fully saturated rings. The van der Waals surface area contributed by atoms with Crippen LogP contribution < -0.4 is 5.32 Å². The summed E-state index contributed by atoms with van der Waals surface area (Å²) in [4.78, 5) is 2.61. The highest BCUT2D eigenvalue weighted by molar-refractivity contribution is 8.00. The Hall–Kier alpha value is -0.510. The van der Waals surface area contributed by atoms with E-state index < -0.39 is 0 Å². The van der Waals surface area contributed by atoms with Crippen LogP contribution in [0.2, 0.25) is 0 Å². The van der Waals surface area contributed by atoms with Gasteiger partial charge in [0.2, 0.25) is 0 Å². The first-order chi connectivity index (χ1) is 9.59. The molecule has 0 unspecified atom stereocenters. The van der Waals surface area contributed by atoms with E-state index in [1.54, 1.807) is 0 Å². The minimum absolute atomic E-state index is 0.446. The van der Waals surface area contributed by atoms with E-state index in [4.69, 9.17) is 0 Å². The fourth-order valence-corrected chi connectivity index (χ4v) is 3.72. The predicted molar refractivity (Wildman–Crippen MR) is 90.3 cm³/mol. The first-order valence-electron chi connectivity index (χ1n) is 7.74. The van der Waals surface area contributed by atoms with Gasteiger partial charge in [0.25, 0.3) is 0 Å². The van der Waals surface area contributed by atoms with E-state index in [0.29, 0.717) is 4.75 Å². The van der Waals surface area contributed by atoms with Gasteiger partial charge < -0.3 is 5.32 Å². The average molecular weight is 292 g/mol. The predicted octanol–water partition coefficient (Wildman–Crippen LogP) is 3.51. The largest absolute Gasteiger partial charge is 0.313 e. The molecule has 0 atom stereocenters. The van der Waals surface area contributed by atoms with Crippen molar-refractivity contribution in [2.24, 2.45) is 0 Å². The Morgan fingerprint density at radius 2 is 2.05 bits per heavy atom. The zero-order valence-electron chi connectivity index (χ0n) is 13.1. The summed E-state index contributed by atoms with van der Waals surface area (Å²) in [6, 6.07) is 9.02. The van der Waals surface area contributed by atoms with Crippen LogP contribution >= 0.6 is 11.8 Å².